The molecule has 5 rings (SSSR count). The van der Waals surface area contributed by atoms with Gasteiger partial charge in [-0.15, -0.1) is 0 Å². The number of aryl methyl sites for hydroxylation is 2. The molecule has 10 heteroatoms. The van der Waals surface area contributed by atoms with Crippen molar-refractivity contribution in [2.24, 2.45) is 0 Å². The quantitative estimate of drug-likeness (QED) is 0.431. The molecule has 9 nitrogen and oxygen atoms in total. The van der Waals surface area contributed by atoms with Crippen LogP contribution in [0.5, 0.6) is 0 Å². The summed E-state index contributed by atoms with van der Waals surface area (Å²) in [6.45, 7) is 7.72. The highest BCUT2D eigenvalue weighted by Gasteiger charge is 2.42. The van der Waals surface area contributed by atoms with Gasteiger partial charge in [0.1, 0.15) is 17.5 Å². The molecule has 0 bridgehead atoms. The van der Waals surface area contributed by atoms with Gasteiger partial charge in [-0.25, -0.2) is 14.4 Å². The minimum atomic E-state index is -1.64. The van der Waals surface area contributed by atoms with Gasteiger partial charge in [-0.2, -0.15) is 0 Å². The Morgan fingerprint density at radius 3 is 2.48 bits per heavy atom. The van der Waals surface area contributed by atoms with E-state index in [4.69, 9.17) is 0 Å². The van der Waals surface area contributed by atoms with Crippen molar-refractivity contribution in [3.05, 3.63) is 76.9 Å². The van der Waals surface area contributed by atoms with Crippen molar-refractivity contribution in [1.29, 1.82) is 0 Å². The van der Waals surface area contributed by atoms with Gasteiger partial charge >= 0.3 is 0 Å². The molecule has 2 fully saturated rings. The van der Waals surface area contributed by atoms with Crippen LogP contribution in [0, 0.1) is 26.6 Å². The Balaban J connectivity index is 1.31. The lowest BCUT2D eigenvalue weighted by Gasteiger charge is -2.47. The fourth-order valence-electron chi connectivity index (χ4n) is 5.96. The lowest BCUT2D eigenvalue weighted by molar-refractivity contribution is -0.0526. The number of pyridine rings is 2. The molecule has 0 aliphatic carbocycles. The summed E-state index contributed by atoms with van der Waals surface area (Å²) in [5.41, 5.74) is 2.76. The number of nitrogens with one attached hydrogen (secondary N) is 1. The molecule has 4 heterocycles. The first-order valence-corrected chi connectivity index (χ1v) is 13.7. The number of carbonyl (C=O) groups is 1. The summed E-state index contributed by atoms with van der Waals surface area (Å²) >= 11 is 0. The number of carbonyl (C=O) groups excluding carboxylic acids is 1. The molecule has 1 atom stereocenters. The maximum atomic E-state index is 13.9. The lowest BCUT2D eigenvalue weighted by Crippen LogP contribution is -2.65. The van der Waals surface area contributed by atoms with E-state index in [1.165, 1.54) is 12.3 Å². The molecule has 0 radical (unpaired) electrons. The molecule has 212 valence electrons. The highest BCUT2D eigenvalue weighted by molar-refractivity contribution is 5.99. The number of nitrogens with zero attached hydrogens (tertiary/aromatic N) is 5. The van der Waals surface area contributed by atoms with Crippen molar-refractivity contribution in [2.75, 3.05) is 54.4 Å². The monoisotopic (exact) mass is 548 g/mol. The van der Waals surface area contributed by atoms with Crippen LogP contribution in [-0.2, 0) is 0 Å². The van der Waals surface area contributed by atoms with Gasteiger partial charge in [-0.05, 0) is 74.6 Å². The zero-order chi connectivity index (χ0) is 28.4. The second-order valence-corrected chi connectivity index (χ2v) is 10.8. The van der Waals surface area contributed by atoms with E-state index in [-0.39, 0.29) is 24.3 Å². The molecule has 3 aromatic rings. The number of benzene rings is 1. The third-order valence-corrected chi connectivity index (χ3v) is 8.07. The Hall–Kier alpha value is -3.76. The SMILES string of the molecule is Cc1cc(C)c(C(=O)N2CCN(c3ccccn3)[C@@](O)(CO)C2)c(C)c1NC1CCN(c2ccc(F)cn2)CC1. The smallest absolute Gasteiger partial charge is 0.254 e. The molecule has 2 saturated heterocycles. The molecule has 2 aromatic heterocycles. The number of β-amino-alcohol motifs (C(OH)–C–C–N with tert-alkyl or cyclic N) is 1. The zero-order valence-electron chi connectivity index (χ0n) is 23.3. The van der Waals surface area contributed by atoms with E-state index < -0.39 is 12.3 Å². The molecule has 0 spiro atoms. The van der Waals surface area contributed by atoms with Crippen molar-refractivity contribution in [3.8, 4) is 0 Å². The van der Waals surface area contributed by atoms with Crippen molar-refractivity contribution in [1.82, 2.24) is 14.9 Å². The first-order chi connectivity index (χ1) is 19.2. The molecular formula is C30H37FN6O3. The van der Waals surface area contributed by atoms with Gasteiger partial charge in [0, 0.05) is 49.7 Å². The number of hydrogen-bond donors (Lipinski definition) is 3. The minimum Gasteiger partial charge on any atom is -0.391 e. The van der Waals surface area contributed by atoms with Crippen LogP contribution in [0.2, 0.25) is 0 Å². The van der Waals surface area contributed by atoms with Crippen LogP contribution in [-0.4, -0.2) is 82.1 Å². The number of hydrogen-bond acceptors (Lipinski definition) is 8. The van der Waals surface area contributed by atoms with E-state index in [0.717, 1.165) is 54.1 Å². The summed E-state index contributed by atoms with van der Waals surface area (Å²) in [5, 5.41) is 25.2. The van der Waals surface area contributed by atoms with Gasteiger partial charge in [0.25, 0.3) is 5.91 Å². The second kappa shape index (κ2) is 11.4. The van der Waals surface area contributed by atoms with Crippen LogP contribution in [0.4, 0.5) is 21.7 Å². The number of aliphatic hydroxyl groups excluding tert-OH is 1. The molecule has 1 amide bonds. The summed E-state index contributed by atoms with van der Waals surface area (Å²) in [7, 11) is 0. The van der Waals surface area contributed by atoms with Crippen LogP contribution in [0.3, 0.4) is 0 Å². The van der Waals surface area contributed by atoms with E-state index in [9.17, 15) is 19.4 Å². The van der Waals surface area contributed by atoms with E-state index in [0.29, 0.717) is 24.5 Å². The van der Waals surface area contributed by atoms with Gasteiger partial charge in [0.05, 0.1) is 19.3 Å². The number of rotatable bonds is 6. The normalized spacial score (nSPS) is 20.1. The van der Waals surface area contributed by atoms with Crippen molar-refractivity contribution in [3.63, 3.8) is 0 Å². The third kappa shape index (κ3) is 5.46. The number of piperazine rings is 1. The van der Waals surface area contributed by atoms with Crippen LogP contribution < -0.4 is 15.1 Å². The topological polar surface area (TPSA) is 105 Å². The maximum Gasteiger partial charge on any atom is 0.254 e. The Labute approximate surface area is 234 Å². The largest absolute Gasteiger partial charge is 0.391 e. The predicted octanol–water partition coefficient (Wildman–Crippen LogP) is 3.27. The maximum absolute atomic E-state index is 13.9. The Morgan fingerprint density at radius 1 is 1.05 bits per heavy atom. The number of aromatic nitrogens is 2. The summed E-state index contributed by atoms with van der Waals surface area (Å²) < 4.78 is 13.3. The summed E-state index contributed by atoms with van der Waals surface area (Å²) in [4.78, 5) is 27.9. The summed E-state index contributed by atoms with van der Waals surface area (Å²) in [6, 6.07) is 10.8. The standard InChI is InChI=1S/C30H37FN6O3/c1-20-16-21(2)28(34-24-9-12-35(13-10-24)25-8-7-23(31)17-33-25)22(3)27(20)29(39)36-14-15-37(30(40,18-36)19-38)26-6-4-5-11-32-26/h4-8,11,16-17,24,34,38,40H,9-10,12-15,18-19H2,1-3H3/t30-/m0/s1. The number of amides is 1. The van der Waals surface area contributed by atoms with E-state index in [1.807, 2.05) is 32.9 Å². The van der Waals surface area contributed by atoms with E-state index >= 15 is 0 Å². The molecule has 3 N–H and O–H groups in total. The Bertz CT molecular complexity index is 1350. The average Bonchev–Trinajstić information content (AvgIpc) is 2.96. The highest BCUT2D eigenvalue weighted by atomic mass is 19.1. The van der Waals surface area contributed by atoms with Gasteiger partial charge in [0.2, 0.25) is 0 Å². The average molecular weight is 549 g/mol. The predicted molar refractivity (Wildman–Crippen MR) is 153 cm³/mol. The molecular weight excluding hydrogens is 511 g/mol. The van der Waals surface area contributed by atoms with Gasteiger partial charge in [0.15, 0.2) is 5.72 Å². The fraction of sp³-hybridized carbons (Fsp3) is 0.433. The Kier molecular flexibility index (Phi) is 7.91. The van der Waals surface area contributed by atoms with Crippen molar-refractivity contribution >= 4 is 23.2 Å². The molecule has 40 heavy (non-hydrogen) atoms. The third-order valence-electron chi connectivity index (χ3n) is 8.07. The zero-order valence-corrected chi connectivity index (χ0v) is 23.3. The van der Waals surface area contributed by atoms with Gasteiger partial charge in [-0.3, -0.25) is 4.79 Å². The summed E-state index contributed by atoms with van der Waals surface area (Å²) in [6.07, 6.45) is 4.65. The molecule has 2 aliphatic rings. The van der Waals surface area contributed by atoms with E-state index in [1.54, 1.807) is 34.2 Å². The van der Waals surface area contributed by atoms with Crippen LogP contribution in [0.1, 0.15) is 39.9 Å². The first-order valence-electron chi connectivity index (χ1n) is 13.7. The highest BCUT2D eigenvalue weighted by Crippen LogP contribution is 2.32. The molecule has 0 unspecified atom stereocenters. The second-order valence-electron chi connectivity index (χ2n) is 10.8. The minimum absolute atomic E-state index is 0.0374. The molecule has 0 saturated carbocycles. The van der Waals surface area contributed by atoms with Gasteiger partial charge < -0.3 is 30.2 Å². The number of halogens is 1. The number of aliphatic hydroxyl groups is 2. The van der Waals surface area contributed by atoms with Crippen LogP contribution >= 0.6 is 0 Å². The van der Waals surface area contributed by atoms with Crippen LogP contribution in [0.15, 0.2) is 48.8 Å². The first kappa shape index (κ1) is 27.8. The Morgan fingerprint density at radius 2 is 1.82 bits per heavy atom. The number of piperidine rings is 1. The fourth-order valence-corrected chi connectivity index (χ4v) is 5.96. The van der Waals surface area contributed by atoms with Gasteiger partial charge in [-0.1, -0.05) is 12.1 Å². The van der Waals surface area contributed by atoms with E-state index in [2.05, 4.69) is 20.2 Å². The number of anilines is 3. The van der Waals surface area contributed by atoms with Crippen molar-refractivity contribution in [2.45, 2.75) is 45.4 Å². The molecule has 2 aliphatic heterocycles. The van der Waals surface area contributed by atoms with Crippen LogP contribution in [0.25, 0.3) is 0 Å². The lowest BCUT2D eigenvalue weighted by atomic mass is 9.94. The van der Waals surface area contributed by atoms with Crippen molar-refractivity contribution < 1.29 is 19.4 Å². The molecule has 1 aromatic carbocycles. The summed E-state index contributed by atoms with van der Waals surface area (Å²) in [5.74, 6) is 0.831.